The van der Waals surface area contributed by atoms with Crippen LogP contribution in [0.25, 0.3) is 0 Å². The lowest BCUT2D eigenvalue weighted by Crippen LogP contribution is -2.53. The van der Waals surface area contributed by atoms with E-state index in [1.165, 1.54) is 0 Å². The van der Waals surface area contributed by atoms with Crippen molar-refractivity contribution in [2.45, 2.75) is 25.3 Å². The number of benzene rings is 1. The molecule has 1 aromatic carbocycles. The molecule has 8 heteroatoms. The molecule has 1 saturated carbocycles. The lowest BCUT2D eigenvalue weighted by atomic mass is 9.95. The standard InChI is InChI=1S/C13H16FN3O3.ClH/c1-13(7-15,8-2-3-8)16-12(18)10-6-9(14)4-5-11(10)17(19)20;/h4-6,8H,2-3,7,15H2,1H3,(H,16,18);1H. The first-order valence-corrected chi connectivity index (χ1v) is 6.34. The minimum Gasteiger partial charge on any atom is -0.345 e. The van der Waals surface area contributed by atoms with E-state index in [0.29, 0.717) is 0 Å². The SMILES string of the molecule is CC(CN)(NC(=O)c1cc(F)ccc1[N+](=O)[O-])C1CC1.Cl. The van der Waals surface area contributed by atoms with Crippen LogP contribution in [0.3, 0.4) is 0 Å². The summed E-state index contributed by atoms with van der Waals surface area (Å²) in [4.78, 5) is 22.4. The molecule has 6 nitrogen and oxygen atoms in total. The average Bonchev–Trinajstić information content (AvgIpc) is 3.22. The van der Waals surface area contributed by atoms with Gasteiger partial charge in [-0.3, -0.25) is 14.9 Å². The van der Waals surface area contributed by atoms with Crippen LogP contribution in [0.15, 0.2) is 18.2 Å². The third-order valence-corrected chi connectivity index (χ3v) is 3.70. The van der Waals surface area contributed by atoms with Crippen LogP contribution in [0.4, 0.5) is 10.1 Å². The first kappa shape index (κ1) is 17.3. The summed E-state index contributed by atoms with van der Waals surface area (Å²) >= 11 is 0. The maximum Gasteiger partial charge on any atom is 0.282 e. The molecule has 0 heterocycles. The fraction of sp³-hybridized carbons (Fsp3) is 0.462. The lowest BCUT2D eigenvalue weighted by Gasteiger charge is -2.29. The minimum atomic E-state index is -0.703. The summed E-state index contributed by atoms with van der Waals surface area (Å²) in [5.41, 5.74) is 4.37. The van der Waals surface area contributed by atoms with Crippen molar-refractivity contribution < 1.29 is 14.1 Å². The third-order valence-electron chi connectivity index (χ3n) is 3.70. The lowest BCUT2D eigenvalue weighted by molar-refractivity contribution is -0.385. The van der Waals surface area contributed by atoms with E-state index < -0.39 is 27.9 Å². The molecule has 0 radical (unpaired) electrons. The van der Waals surface area contributed by atoms with Gasteiger partial charge in [0.2, 0.25) is 0 Å². The Hall–Kier alpha value is -1.73. The van der Waals surface area contributed by atoms with Gasteiger partial charge < -0.3 is 11.1 Å². The summed E-state index contributed by atoms with van der Waals surface area (Å²) in [7, 11) is 0. The second kappa shape index (κ2) is 6.36. The molecule has 21 heavy (non-hydrogen) atoms. The van der Waals surface area contributed by atoms with E-state index in [2.05, 4.69) is 5.32 Å². The van der Waals surface area contributed by atoms with Crippen molar-refractivity contribution in [3.8, 4) is 0 Å². The maximum absolute atomic E-state index is 13.2. The molecule has 3 N–H and O–H groups in total. The molecule has 116 valence electrons. The van der Waals surface area contributed by atoms with Gasteiger partial charge in [-0.25, -0.2) is 4.39 Å². The average molecular weight is 318 g/mol. The Morgan fingerprint density at radius 3 is 2.67 bits per heavy atom. The first-order chi connectivity index (χ1) is 9.37. The van der Waals surface area contributed by atoms with E-state index in [4.69, 9.17) is 5.73 Å². The van der Waals surface area contributed by atoms with E-state index in [1.54, 1.807) is 6.92 Å². The highest BCUT2D eigenvalue weighted by Crippen LogP contribution is 2.39. The number of carbonyl (C=O) groups is 1. The topological polar surface area (TPSA) is 98.3 Å². The van der Waals surface area contributed by atoms with Crippen LogP contribution in [-0.2, 0) is 0 Å². The number of nitrogens with one attached hydrogen (secondary N) is 1. The van der Waals surface area contributed by atoms with E-state index in [0.717, 1.165) is 31.0 Å². The first-order valence-electron chi connectivity index (χ1n) is 6.34. The van der Waals surface area contributed by atoms with Crippen LogP contribution in [0.2, 0.25) is 0 Å². The summed E-state index contributed by atoms with van der Waals surface area (Å²) in [6.45, 7) is 2.03. The van der Waals surface area contributed by atoms with Crippen LogP contribution in [0.5, 0.6) is 0 Å². The molecule has 0 aromatic heterocycles. The normalized spacial score (nSPS) is 16.5. The Balaban J connectivity index is 0.00000220. The minimum absolute atomic E-state index is 0. The number of halogens is 2. The summed E-state index contributed by atoms with van der Waals surface area (Å²) < 4.78 is 13.2. The molecule has 0 spiro atoms. The van der Waals surface area contributed by atoms with Gasteiger partial charge in [-0.05, 0) is 37.8 Å². The predicted octanol–water partition coefficient (Wildman–Crippen LogP) is 2.01. The summed E-state index contributed by atoms with van der Waals surface area (Å²) in [5, 5.41) is 13.6. The second-order valence-electron chi connectivity index (χ2n) is 5.27. The van der Waals surface area contributed by atoms with Gasteiger partial charge in [0, 0.05) is 12.6 Å². The van der Waals surface area contributed by atoms with Gasteiger partial charge in [0.25, 0.3) is 11.6 Å². The monoisotopic (exact) mass is 317 g/mol. The Morgan fingerprint density at radius 2 is 2.19 bits per heavy atom. The molecule has 1 amide bonds. The smallest absolute Gasteiger partial charge is 0.282 e. The Bertz CT molecular complexity index is 566. The van der Waals surface area contributed by atoms with Crippen LogP contribution in [-0.4, -0.2) is 22.9 Å². The van der Waals surface area contributed by atoms with E-state index in [1.807, 2.05) is 0 Å². The number of hydrogen-bond donors (Lipinski definition) is 2. The van der Waals surface area contributed by atoms with E-state index >= 15 is 0 Å². The fourth-order valence-corrected chi connectivity index (χ4v) is 2.22. The van der Waals surface area contributed by atoms with Crippen LogP contribution < -0.4 is 11.1 Å². The molecule has 1 unspecified atom stereocenters. The van der Waals surface area contributed by atoms with Gasteiger partial charge >= 0.3 is 0 Å². The number of hydrogen-bond acceptors (Lipinski definition) is 4. The largest absolute Gasteiger partial charge is 0.345 e. The number of nitrogens with zero attached hydrogens (tertiary/aromatic N) is 1. The number of nitro groups is 1. The molecule has 0 aliphatic heterocycles. The molecule has 1 aromatic rings. The number of nitrogens with two attached hydrogens (primary N) is 1. The summed E-state index contributed by atoms with van der Waals surface area (Å²) in [5.74, 6) is -1.10. The van der Waals surface area contributed by atoms with Gasteiger partial charge in [0.15, 0.2) is 0 Å². The third kappa shape index (κ3) is 3.68. The highest BCUT2D eigenvalue weighted by Gasteiger charge is 2.42. The molecule has 1 atom stereocenters. The van der Waals surface area contributed by atoms with E-state index in [9.17, 15) is 19.3 Å². The predicted molar refractivity (Wildman–Crippen MR) is 78.0 cm³/mol. The van der Waals surface area contributed by atoms with Crippen molar-refractivity contribution >= 4 is 24.0 Å². The fourth-order valence-electron chi connectivity index (χ4n) is 2.22. The number of amides is 1. The molecular formula is C13H17ClFN3O3. The Labute approximate surface area is 127 Å². The van der Waals surface area contributed by atoms with Gasteiger partial charge in [0.05, 0.1) is 10.5 Å². The molecule has 1 aliphatic carbocycles. The Kier molecular flexibility index (Phi) is 5.25. The highest BCUT2D eigenvalue weighted by molar-refractivity contribution is 5.98. The van der Waals surface area contributed by atoms with E-state index in [-0.39, 0.29) is 30.4 Å². The number of nitro benzene ring substituents is 1. The zero-order valence-corrected chi connectivity index (χ0v) is 12.3. The van der Waals surface area contributed by atoms with Gasteiger partial charge in [0.1, 0.15) is 11.4 Å². The van der Waals surface area contributed by atoms with Crippen molar-refractivity contribution in [2.24, 2.45) is 11.7 Å². The van der Waals surface area contributed by atoms with Crippen molar-refractivity contribution in [1.82, 2.24) is 5.32 Å². The van der Waals surface area contributed by atoms with Gasteiger partial charge in [-0.15, -0.1) is 12.4 Å². The van der Waals surface area contributed by atoms with Crippen LogP contribution >= 0.6 is 12.4 Å². The van der Waals surface area contributed by atoms with Crippen molar-refractivity contribution in [3.63, 3.8) is 0 Å². The zero-order chi connectivity index (χ0) is 14.9. The Morgan fingerprint density at radius 1 is 1.57 bits per heavy atom. The molecular weight excluding hydrogens is 301 g/mol. The molecule has 2 rings (SSSR count). The number of rotatable bonds is 5. The van der Waals surface area contributed by atoms with Crippen molar-refractivity contribution in [2.75, 3.05) is 6.54 Å². The molecule has 0 bridgehead atoms. The highest BCUT2D eigenvalue weighted by atomic mass is 35.5. The molecule has 0 saturated heterocycles. The van der Waals surface area contributed by atoms with Gasteiger partial charge in [-0.1, -0.05) is 0 Å². The van der Waals surface area contributed by atoms with Crippen LogP contribution in [0, 0.1) is 21.8 Å². The summed E-state index contributed by atoms with van der Waals surface area (Å²) in [6.07, 6.45) is 1.92. The summed E-state index contributed by atoms with van der Waals surface area (Å²) in [6, 6.07) is 2.82. The second-order valence-corrected chi connectivity index (χ2v) is 5.27. The number of carbonyl (C=O) groups excluding carboxylic acids is 1. The zero-order valence-electron chi connectivity index (χ0n) is 11.5. The van der Waals surface area contributed by atoms with Crippen LogP contribution in [0.1, 0.15) is 30.1 Å². The van der Waals surface area contributed by atoms with Crippen molar-refractivity contribution in [3.05, 3.63) is 39.7 Å². The molecule has 1 fully saturated rings. The quantitative estimate of drug-likeness (QED) is 0.641. The van der Waals surface area contributed by atoms with Crippen molar-refractivity contribution in [1.29, 1.82) is 0 Å². The molecule has 1 aliphatic rings. The maximum atomic E-state index is 13.2. The van der Waals surface area contributed by atoms with Gasteiger partial charge in [-0.2, -0.15) is 0 Å².